The molecule has 0 aromatic heterocycles. The lowest BCUT2D eigenvalue weighted by Crippen LogP contribution is -2.39. The summed E-state index contributed by atoms with van der Waals surface area (Å²) in [5, 5.41) is 3.23. The minimum absolute atomic E-state index is 0.688. The molecule has 112 valence electrons. The molecular weight excluding hydrogens is 261 g/mol. The van der Waals surface area contributed by atoms with Crippen molar-refractivity contribution in [3.63, 3.8) is 0 Å². The second kappa shape index (κ2) is 13.3. The maximum Gasteiger partial charge on any atom is 0.466 e. The van der Waals surface area contributed by atoms with E-state index in [1.54, 1.807) is 0 Å². The van der Waals surface area contributed by atoms with E-state index in [4.69, 9.17) is 36.4 Å². The van der Waals surface area contributed by atoms with Crippen LogP contribution >= 0.6 is 7.82 Å². The molecule has 0 aromatic carbocycles. The van der Waals surface area contributed by atoms with Crippen LogP contribution in [0.3, 0.4) is 0 Å². The standard InChI is InChI=1S/C8H23N5.H3O4P/c9-1-4-12-5-8-13(6-2-10)7-3-11;1-5(2,3)4/h12H,1-11H2;(H3,1,2,3,4). The number of hydrogen-bond donors (Lipinski definition) is 7. The lowest BCUT2D eigenvalue weighted by Gasteiger charge is -2.20. The molecule has 0 spiro atoms. The van der Waals surface area contributed by atoms with Gasteiger partial charge in [0.2, 0.25) is 0 Å². The Labute approximate surface area is 108 Å². The summed E-state index contributed by atoms with van der Waals surface area (Å²) in [5.74, 6) is 0. The van der Waals surface area contributed by atoms with Crippen molar-refractivity contribution in [2.45, 2.75) is 0 Å². The number of phosphoric acid groups is 1. The number of nitrogens with two attached hydrogens (primary N) is 3. The predicted octanol–water partition coefficient (Wildman–Crippen LogP) is -3.17. The topological polar surface area (TPSA) is 171 Å². The highest BCUT2D eigenvalue weighted by molar-refractivity contribution is 7.45. The highest BCUT2D eigenvalue weighted by atomic mass is 31.2. The molecule has 0 aliphatic carbocycles. The summed E-state index contributed by atoms with van der Waals surface area (Å²) in [4.78, 5) is 23.8. The highest BCUT2D eigenvalue weighted by Gasteiger charge is 2.01. The molecule has 10 heteroatoms. The van der Waals surface area contributed by atoms with Crippen LogP contribution in [0.5, 0.6) is 0 Å². The summed E-state index contributed by atoms with van der Waals surface area (Å²) in [6.07, 6.45) is 0. The smallest absolute Gasteiger partial charge is 0.329 e. The SMILES string of the molecule is NCCNCCN(CCN)CCN.O=P(O)(O)O. The van der Waals surface area contributed by atoms with Gasteiger partial charge in [0.1, 0.15) is 0 Å². The third kappa shape index (κ3) is 24.9. The summed E-state index contributed by atoms with van der Waals surface area (Å²) in [6.45, 7) is 6.73. The van der Waals surface area contributed by atoms with Crippen molar-refractivity contribution in [3.8, 4) is 0 Å². The Hall–Kier alpha value is -0.0900. The van der Waals surface area contributed by atoms with Crippen molar-refractivity contribution in [2.75, 3.05) is 52.4 Å². The predicted molar refractivity (Wildman–Crippen MR) is 70.7 cm³/mol. The van der Waals surface area contributed by atoms with Gasteiger partial charge < -0.3 is 37.2 Å². The number of hydrogen-bond acceptors (Lipinski definition) is 6. The van der Waals surface area contributed by atoms with E-state index in [2.05, 4.69) is 10.2 Å². The summed E-state index contributed by atoms with van der Waals surface area (Å²) in [7, 11) is -4.64. The van der Waals surface area contributed by atoms with E-state index in [1.165, 1.54) is 0 Å². The van der Waals surface area contributed by atoms with Gasteiger partial charge >= 0.3 is 7.82 Å². The van der Waals surface area contributed by atoms with Crippen molar-refractivity contribution in [3.05, 3.63) is 0 Å². The molecule has 0 bridgehead atoms. The second-order valence-corrected chi connectivity index (χ2v) is 4.50. The second-order valence-electron chi connectivity index (χ2n) is 3.47. The third-order valence-electron chi connectivity index (χ3n) is 1.82. The zero-order valence-electron chi connectivity index (χ0n) is 10.5. The average Bonchev–Trinajstić information content (AvgIpc) is 2.22. The van der Waals surface area contributed by atoms with Gasteiger partial charge in [-0.3, -0.25) is 4.90 Å². The van der Waals surface area contributed by atoms with E-state index in [0.717, 1.165) is 32.7 Å². The van der Waals surface area contributed by atoms with E-state index in [0.29, 0.717) is 19.6 Å². The third-order valence-corrected chi connectivity index (χ3v) is 1.82. The van der Waals surface area contributed by atoms with Crippen molar-refractivity contribution in [1.29, 1.82) is 0 Å². The fraction of sp³-hybridized carbons (Fsp3) is 1.00. The van der Waals surface area contributed by atoms with Crippen LogP contribution in [0.1, 0.15) is 0 Å². The van der Waals surface area contributed by atoms with Crippen LogP contribution in [0.15, 0.2) is 0 Å². The molecule has 0 aliphatic rings. The minimum Gasteiger partial charge on any atom is -0.329 e. The minimum atomic E-state index is -4.64. The first kappa shape index (κ1) is 20.2. The zero-order chi connectivity index (χ0) is 14.4. The van der Waals surface area contributed by atoms with Crippen molar-refractivity contribution in [2.24, 2.45) is 17.2 Å². The summed E-state index contributed by atoms with van der Waals surface area (Å²) < 4.78 is 8.88. The largest absolute Gasteiger partial charge is 0.466 e. The molecule has 0 aliphatic heterocycles. The van der Waals surface area contributed by atoms with E-state index in [-0.39, 0.29) is 0 Å². The Morgan fingerprint density at radius 2 is 1.33 bits per heavy atom. The molecule has 0 unspecified atom stereocenters. The van der Waals surface area contributed by atoms with Crippen molar-refractivity contribution < 1.29 is 19.2 Å². The monoisotopic (exact) mass is 287 g/mol. The molecule has 0 heterocycles. The normalized spacial score (nSPS) is 11.3. The van der Waals surface area contributed by atoms with Crippen LogP contribution in [-0.2, 0) is 4.57 Å². The van der Waals surface area contributed by atoms with Crippen LogP contribution in [-0.4, -0.2) is 71.9 Å². The molecule has 0 saturated carbocycles. The Balaban J connectivity index is 0. The Bertz CT molecular complexity index is 201. The molecule has 0 fully saturated rings. The number of rotatable bonds is 9. The number of nitrogens with one attached hydrogen (secondary N) is 1. The molecule has 0 saturated heterocycles. The van der Waals surface area contributed by atoms with Crippen LogP contribution in [0, 0.1) is 0 Å². The van der Waals surface area contributed by atoms with Gasteiger partial charge in [0, 0.05) is 52.4 Å². The quantitative estimate of drug-likeness (QED) is 0.170. The summed E-state index contributed by atoms with van der Waals surface area (Å²) >= 11 is 0. The molecule has 0 aromatic rings. The molecular formula is C8H26N5O4P. The van der Waals surface area contributed by atoms with Gasteiger partial charge in [0.25, 0.3) is 0 Å². The maximum atomic E-state index is 8.88. The van der Waals surface area contributed by atoms with Crippen molar-refractivity contribution in [1.82, 2.24) is 10.2 Å². The molecule has 0 amide bonds. The Morgan fingerprint density at radius 1 is 0.889 bits per heavy atom. The first-order chi connectivity index (χ1) is 8.35. The molecule has 9 nitrogen and oxygen atoms in total. The van der Waals surface area contributed by atoms with Gasteiger partial charge in [0.15, 0.2) is 0 Å². The molecule has 0 atom stereocenters. The van der Waals surface area contributed by atoms with Gasteiger partial charge in [-0.15, -0.1) is 0 Å². The highest BCUT2D eigenvalue weighted by Crippen LogP contribution is 2.25. The lowest BCUT2D eigenvalue weighted by molar-refractivity contribution is 0.275. The zero-order valence-corrected chi connectivity index (χ0v) is 11.4. The first-order valence-electron chi connectivity index (χ1n) is 5.66. The summed E-state index contributed by atoms with van der Waals surface area (Å²) in [5.41, 5.74) is 16.3. The maximum absolute atomic E-state index is 8.88. The lowest BCUT2D eigenvalue weighted by atomic mass is 10.4. The van der Waals surface area contributed by atoms with Crippen LogP contribution in [0.2, 0.25) is 0 Å². The van der Waals surface area contributed by atoms with E-state index >= 15 is 0 Å². The van der Waals surface area contributed by atoms with Gasteiger partial charge in [-0.1, -0.05) is 0 Å². The van der Waals surface area contributed by atoms with E-state index in [9.17, 15) is 0 Å². The fourth-order valence-corrected chi connectivity index (χ4v) is 1.16. The molecule has 0 radical (unpaired) electrons. The van der Waals surface area contributed by atoms with Crippen molar-refractivity contribution >= 4 is 7.82 Å². The van der Waals surface area contributed by atoms with E-state index < -0.39 is 7.82 Å². The fourth-order valence-electron chi connectivity index (χ4n) is 1.16. The Kier molecular flexibility index (Phi) is 15.0. The first-order valence-corrected chi connectivity index (χ1v) is 7.23. The van der Waals surface area contributed by atoms with Crippen LogP contribution < -0.4 is 22.5 Å². The number of nitrogens with zero attached hydrogens (tertiary/aromatic N) is 1. The average molecular weight is 287 g/mol. The molecule has 0 rings (SSSR count). The van der Waals surface area contributed by atoms with Gasteiger partial charge in [0.05, 0.1) is 0 Å². The van der Waals surface area contributed by atoms with Gasteiger partial charge in [-0.05, 0) is 0 Å². The van der Waals surface area contributed by atoms with Gasteiger partial charge in [-0.25, -0.2) is 4.57 Å². The van der Waals surface area contributed by atoms with Crippen LogP contribution in [0.4, 0.5) is 0 Å². The van der Waals surface area contributed by atoms with Crippen LogP contribution in [0.25, 0.3) is 0 Å². The van der Waals surface area contributed by atoms with Gasteiger partial charge in [-0.2, -0.15) is 0 Å². The van der Waals surface area contributed by atoms with E-state index in [1.807, 2.05) is 0 Å². The molecule has 10 N–H and O–H groups in total. The summed E-state index contributed by atoms with van der Waals surface area (Å²) in [6, 6.07) is 0. The Morgan fingerprint density at radius 3 is 1.67 bits per heavy atom. The molecule has 18 heavy (non-hydrogen) atoms.